The van der Waals surface area contributed by atoms with Gasteiger partial charge in [-0.2, -0.15) is 0 Å². The van der Waals surface area contributed by atoms with E-state index in [0.29, 0.717) is 13.2 Å². The van der Waals surface area contributed by atoms with Crippen LogP contribution in [0.15, 0.2) is 0 Å². The van der Waals surface area contributed by atoms with Gasteiger partial charge in [0.1, 0.15) is 16.5 Å². The SMILES string of the molecule is CCOC(=O)CN([Si](C)(C)C)[Si](C)(C)C. The minimum Gasteiger partial charge on any atom is -0.465 e. The molecule has 3 nitrogen and oxygen atoms in total. The lowest BCUT2D eigenvalue weighted by Crippen LogP contribution is -2.60. The maximum absolute atomic E-state index is 11.5. The van der Waals surface area contributed by atoms with Gasteiger partial charge in [0.2, 0.25) is 0 Å². The summed E-state index contributed by atoms with van der Waals surface area (Å²) in [5.41, 5.74) is 0. The van der Waals surface area contributed by atoms with E-state index in [-0.39, 0.29) is 5.97 Å². The first-order valence-corrected chi connectivity index (χ1v) is 12.4. The molecule has 0 fully saturated rings. The first-order chi connectivity index (χ1) is 6.59. The molecule has 0 saturated carbocycles. The Labute approximate surface area is 96.0 Å². The fourth-order valence-corrected chi connectivity index (χ4v) is 11.1. The molecule has 0 saturated heterocycles. The molecule has 15 heavy (non-hydrogen) atoms. The molecule has 5 heteroatoms. The summed E-state index contributed by atoms with van der Waals surface area (Å²) in [5.74, 6) is -0.0812. The van der Waals surface area contributed by atoms with E-state index >= 15 is 0 Å². The molecule has 0 aromatic rings. The summed E-state index contributed by atoms with van der Waals surface area (Å²) in [6.07, 6.45) is 0. The highest BCUT2D eigenvalue weighted by Crippen LogP contribution is 2.19. The summed E-state index contributed by atoms with van der Waals surface area (Å²) in [5, 5.41) is 0. The van der Waals surface area contributed by atoms with E-state index in [4.69, 9.17) is 4.74 Å². The van der Waals surface area contributed by atoms with Gasteiger partial charge in [-0.25, -0.2) is 0 Å². The van der Waals surface area contributed by atoms with Crippen LogP contribution in [-0.2, 0) is 9.53 Å². The number of carbonyl (C=O) groups excluding carboxylic acids is 1. The van der Waals surface area contributed by atoms with Crippen molar-refractivity contribution in [1.82, 2.24) is 4.23 Å². The quantitative estimate of drug-likeness (QED) is 0.552. The molecule has 0 rings (SSSR count). The number of ether oxygens (including phenoxy) is 1. The largest absolute Gasteiger partial charge is 0.465 e. The highest BCUT2D eigenvalue weighted by atomic mass is 28.4. The minimum atomic E-state index is -1.42. The van der Waals surface area contributed by atoms with E-state index in [0.717, 1.165) is 0 Å². The molecule has 0 aliphatic carbocycles. The van der Waals surface area contributed by atoms with Gasteiger partial charge in [0.05, 0.1) is 13.2 Å². The van der Waals surface area contributed by atoms with Crippen LogP contribution in [0.1, 0.15) is 6.92 Å². The van der Waals surface area contributed by atoms with E-state index in [1.54, 1.807) is 0 Å². The van der Waals surface area contributed by atoms with Crippen molar-refractivity contribution in [3.05, 3.63) is 0 Å². The Hall–Kier alpha value is -0.136. The number of esters is 1. The molecule has 0 aromatic heterocycles. The monoisotopic (exact) mass is 247 g/mol. The zero-order valence-corrected chi connectivity index (χ0v) is 13.2. The number of hydrogen-bond donors (Lipinski definition) is 0. The van der Waals surface area contributed by atoms with Crippen LogP contribution in [0.2, 0.25) is 39.3 Å². The van der Waals surface area contributed by atoms with Crippen LogP contribution >= 0.6 is 0 Å². The van der Waals surface area contributed by atoms with Crippen LogP contribution in [0.4, 0.5) is 0 Å². The molecular weight excluding hydrogens is 222 g/mol. The van der Waals surface area contributed by atoms with E-state index in [1.165, 1.54) is 0 Å². The van der Waals surface area contributed by atoms with Crippen molar-refractivity contribution < 1.29 is 9.53 Å². The molecule has 0 heterocycles. The highest BCUT2D eigenvalue weighted by molar-refractivity contribution is 6.89. The molecule has 0 spiro atoms. The Bertz CT molecular complexity index is 204. The molecule has 0 N–H and O–H groups in total. The maximum Gasteiger partial charge on any atom is 0.318 e. The van der Waals surface area contributed by atoms with Crippen molar-refractivity contribution in [3.63, 3.8) is 0 Å². The highest BCUT2D eigenvalue weighted by Gasteiger charge is 2.35. The van der Waals surface area contributed by atoms with Gasteiger partial charge in [-0.05, 0) is 6.92 Å². The van der Waals surface area contributed by atoms with Crippen molar-refractivity contribution in [3.8, 4) is 0 Å². The third-order valence-electron chi connectivity index (χ3n) is 2.21. The lowest BCUT2D eigenvalue weighted by molar-refractivity contribution is -0.142. The summed E-state index contributed by atoms with van der Waals surface area (Å²) in [6.45, 7) is 16.5. The lowest BCUT2D eigenvalue weighted by Gasteiger charge is -2.42. The van der Waals surface area contributed by atoms with Crippen molar-refractivity contribution in [2.45, 2.75) is 46.2 Å². The van der Waals surface area contributed by atoms with Gasteiger partial charge in [0.15, 0.2) is 0 Å². The summed E-state index contributed by atoms with van der Waals surface area (Å²) in [7, 11) is -2.84. The summed E-state index contributed by atoms with van der Waals surface area (Å²) < 4.78 is 7.46. The summed E-state index contributed by atoms with van der Waals surface area (Å²) in [6, 6.07) is 0. The fraction of sp³-hybridized carbons (Fsp3) is 0.900. The van der Waals surface area contributed by atoms with Crippen molar-refractivity contribution in [2.24, 2.45) is 0 Å². The average molecular weight is 247 g/mol. The van der Waals surface area contributed by atoms with Gasteiger partial charge in [0, 0.05) is 0 Å². The number of nitrogens with zero attached hydrogens (tertiary/aromatic N) is 1. The fourth-order valence-electron chi connectivity index (χ4n) is 1.82. The first kappa shape index (κ1) is 14.9. The van der Waals surface area contributed by atoms with Gasteiger partial charge in [-0.15, -0.1) is 0 Å². The Morgan fingerprint density at radius 2 is 1.47 bits per heavy atom. The van der Waals surface area contributed by atoms with Gasteiger partial charge < -0.3 is 8.97 Å². The van der Waals surface area contributed by atoms with Gasteiger partial charge in [-0.3, -0.25) is 4.79 Å². The van der Waals surface area contributed by atoms with Crippen LogP contribution < -0.4 is 0 Å². The zero-order valence-electron chi connectivity index (χ0n) is 11.2. The minimum absolute atomic E-state index is 0.0812. The smallest absolute Gasteiger partial charge is 0.318 e. The van der Waals surface area contributed by atoms with Gasteiger partial charge in [-0.1, -0.05) is 39.3 Å². The van der Waals surface area contributed by atoms with Crippen molar-refractivity contribution in [1.29, 1.82) is 0 Å². The molecule has 0 unspecified atom stereocenters. The first-order valence-electron chi connectivity index (χ1n) is 5.52. The van der Waals surface area contributed by atoms with Crippen molar-refractivity contribution in [2.75, 3.05) is 13.2 Å². The van der Waals surface area contributed by atoms with Crippen molar-refractivity contribution >= 4 is 22.4 Å². The normalized spacial score (nSPS) is 13.1. The molecule has 0 aliphatic heterocycles. The zero-order chi connectivity index (χ0) is 12.3. The van der Waals surface area contributed by atoms with Crippen LogP contribution in [0.3, 0.4) is 0 Å². The third-order valence-corrected chi connectivity index (χ3v) is 9.79. The van der Waals surface area contributed by atoms with Crippen LogP contribution in [0.25, 0.3) is 0 Å². The second-order valence-corrected chi connectivity index (χ2v) is 15.9. The topological polar surface area (TPSA) is 29.5 Å². The standard InChI is InChI=1S/C10H25NO2Si2/c1-8-13-10(12)9-11(14(2,3)4)15(5,6)7/h8-9H2,1-7H3. The molecule has 90 valence electrons. The van der Waals surface area contributed by atoms with E-state index in [2.05, 4.69) is 43.5 Å². The molecule has 0 amide bonds. The number of carbonyl (C=O) groups is 1. The predicted molar refractivity (Wildman–Crippen MR) is 70.0 cm³/mol. The Kier molecular flexibility index (Phi) is 5.22. The van der Waals surface area contributed by atoms with Crippen LogP contribution in [-0.4, -0.2) is 39.8 Å². The summed E-state index contributed by atoms with van der Waals surface area (Å²) >= 11 is 0. The molecule has 0 atom stereocenters. The molecular formula is C10H25NO2Si2. The number of rotatable bonds is 5. The lowest BCUT2D eigenvalue weighted by atomic mass is 10.7. The third kappa shape index (κ3) is 5.48. The Balaban J connectivity index is 4.62. The average Bonchev–Trinajstić information content (AvgIpc) is 1.96. The second kappa shape index (κ2) is 5.27. The summed E-state index contributed by atoms with van der Waals surface area (Å²) in [4.78, 5) is 11.5. The Morgan fingerprint density at radius 1 is 1.07 bits per heavy atom. The number of hydrogen-bond acceptors (Lipinski definition) is 3. The van der Waals surface area contributed by atoms with Crippen LogP contribution in [0.5, 0.6) is 0 Å². The molecule has 0 radical (unpaired) electrons. The van der Waals surface area contributed by atoms with Gasteiger partial charge in [0.25, 0.3) is 0 Å². The Morgan fingerprint density at radius 3 is 1.73 bits per heavy atom. The van der Waals surface area contributed by atoms with E-state index < -0.39 is 16.5 Å². The maximum atomic E-state index is 11.5. The molecule has 0 bridgehead atoms. The van der Waals surface area contributed by atoms with Gasteiger partial charge >= 0.3 is 5.97 Å². The van der Waals surface area contributed by atoms with E-state index in [9.17, 15) is 4.79 Å². The molecule has 0 aromatic carbocycles. The molecule has 0 aliphatic rings. The van der Waals surface area contributed by atoms with E-state index in [1.807, 2.05) is 6.92 Å². The second-order valence-electron chi connectivity index (χ2n) is 5.73. The van der Waals surface area contributed by atoms with Crippen LogP contribution in [0, 0.1) is 0 Å². The predicted octanol–water partition coefficient (Wildman–Crippen LogP) is 2.52.